The molecule has 2 aromatic rings. The molecule has 2 aromatic carbocycles. The molecule has 0 spiro atoms. The smallest absolute Gasteiger partial charge is 0.250 e. The van der Waals surface area contributed by atoms with E-state index in [0.717, 1.165) is 0 Å². The van der Waals surface area contributed by atoms with Crippen LogP contribution in [-0.4, -0.2) is 24.3 Å². The van der Waals surface area contributed by atoms with Gasteiger partial charge in [-0.05, 0) is 30.3 Å². The van der Waals surface area contributed by atoms with Gasteiger partial charge in [0, 0.05) is 16.8 Å². The van der Waals surface area contributed by atoms with E-state index in [2.05, 4.69) is 16.0 Å². The molecule has 2 rings (SSSR count). The maximum atomic E-state index is 12.2. The van der Waals surface area contributed by atoms with Crippen molar-refractivity contribution in [3.8, 4) is 0 Å². The molecule has 0 aliphatic rings. The summed E-state index contributed by atoms with van der Waals surface area (Å²) in [5, 5.41) is 8.48. The molecule has 142 valence electrons. The van der Waals surface area contributed by atoms with Crippen molar-refractivity contribution in [1.82, 2.24) is 0 Å². The number of anilines is 3. The van der Waals surface area contributed by atoms with Crippen LogP contribution in [0.3, 0.4) is 0 Å². The van der Waals surface area contributed by atoms with Crippen LogP contribution in [0.25, 0.3) is 0 Å². The summed E-state index contributed by atoms with van der Waals surface area (Å²) in [4.78, 5) is 35.6. The first-order chi connectivity index (χ1) is 12.7. The van der Waals surface area contributed by atoms with Crippen molar-refractivity contribution < 1.29 is 14.4 Å². The van der Waals surface area contributed by atoms with E-state index in [4.69, 9.17) is 5.73 Å². The van der Waals surface area contributed by atoms with Gasteiger partial charge in [0.25, 0.3) is 5.91 Å². The Morgan fingerprint density at radius 3 is 2.26 bits per heavy atom. The van der Waals surface area contributed by atoms with Gasteiger partial charge in [-0.15, -0.1) is 0 Å². The van der Waals surface area contributed by atoms with Crippen molar-refractivity contribution in [2.75, 3.05) is 22.5 Å². The highest BCUT2D eigenvalue weighted by atomic mass is 16.2. The second kappa shape index (κ2) is 8.35. The topological polar surface area (TPSA) is 113 Å². The van der Waals surface area contributed by atoms with Crippen LogP contribution < -0.4 is 21.7 Å². The summed E-state index contributed by atoms with van der Waals surface area (Å²) >= 11 is 0. The molecular formula is C20H24N4O3. The highest BCUT2D eigenvalue weighted by Gasteiger charge is 2.21. The highest BCUT2D eigenvalue weighted by Crippen LogP contribution is 2.20. The summed E-state index contributed by atoms with van der Waals surface area (Å²) in [6.07, 6.45) is 0. The Labute approximate surface area is 158 Å². The van der Waals surface area contributed by atoms with Crippen molar-refractivity contribution in [3.63, 3.8) is 0 Å². The zero-order valence-electron chi connectivity index (χ0n) is 15.6. The molecular weight excluding hydrogens is 344 g/mol. The SMILES string of the molecule is CC(C)(C)C(=O)Nc1cccc(NCC(=O)Nc2ccccc2C(N)=O)c1. The van der Waals surface area contributed by atoms with Crippen molar-refractivity contribution in [2.45, 2.75) is 20.8 Å². The lowest BCUT2D eigenvalue weighted by Gasteiger charge is -2.18. The molecule has 0 aliphatic carbocycles. The van der Waals surface area contributed by atoms with Gasteiger partial charge in [0.15, 0.2) is 0 Å². The Hall–Kier alpha value is -3.35. The van der Waals surface area contributed by atoms with E-state index >= 15 is 0 Å². The number of benzene rings is 2. The fourth-order valence-corrected chi connectivity index (χ4v) is 2.21. The van der Waals surface area contributed by atoms with Gasteiger partial charge in [0.2, 0.25) is 11.8 Å². The van der Waals surface area contributed by atoms with E-state index in [1.807, 2.05) is 20.8 Å². The molecule has 7 nitrogen and oxygen atoms in total. The number of carbonyl (C=O) groups excluding carboxylic acids is 3. The number of hydrogen-bond acceptors (Lipinski definition) is 4. The lowest BCUT2D eigenvalue weighted by atomic mass is 9.95. The van der Waals surface area contributed by atoms with Gasteiger partial charge in [-0.1, -0.05) is 39.0 Å². The number of para-hydroxylation sites is 1. The third-order valence-corrected chi connectivity index (χ3v) is 3.72. The van der Waals surface area contributed by atoms with Crippen molar-refractivity contribution in [2.24, 2.45) is 11.1 Å². The number of nitrogens with one attached hydrogen (secondary N) is 3. The van der Waals surface area contributed by atoms with Crippen molar-refractivity contribution in [3.05, 3.63) is 54.1 Å². The van der Waals surface area contributed by atoms with Gasteiger partial charge in [0.1, 0.15) is 0 Å². The zero-order chi connectivity index (χ0) is 20.0. The van der Waals surface area contributed by atoms with Crippen molar-refractivity contribution >= 4 is 34.8 Å². The number of hydrogen-bond donors (Lipinski definition) is 4. The predicted molar refractivity (Wildman–Crippen MR) is 107 cm³/mol. The second-order valence-electron chi connectivity index (χ2n) is 7.10. The van der Waals surface area contributed by atoms with Gasteiger partial charge >= 0.3 is 0 Å². The molecule has 0 unspecified atom stereocenters. The van der Waals surface area contributed by atoms with Gasteiger partial charge in [-0.25, -0.2) is 0 Å². The maximum absolute atomic E-state index is 12.2. The monoisotopic (exact) mass is 368 g/mol. The van der Waals surface area contributed by atoms with Crippen LogP contribution in [0, 0.1) is 5.41 Å². The third-order valence-electron chi connectivity index (χ3n) is 3.72. The molecule has 0 radical (unpaired) electrons. The molecule has 0 aromatic heterocycles. The minimum absolute atomic E-state index is 0.0102. The molecule has 0 saturated heterocycles. The van der Waals surface area contributed by atoms with Crippen LogP contribution in [0.15, 0.2) is 48.5 Å². The average Bonchev–Trinajstić information content (AvgIpc) is 2.60. The van der Waals surface area contributed by atoms with E-state index in [-0.39, 0.29) is 23.9 Å². The Bertz CT molecular complexity index is 856. The van der Waals surface area contributed by atoms with Crippen LogP contribution in [0.4, 0.5) is 17.1 Å². The first kappa shape index (κ1) is 20.0. The first-order valence-corrected chi connectivity index (χ1v) is 8.51. The maximum Gasteiger partial charge on any atom is 0.250 e. The lowest BCUT2D eigenvalue weighted by Crippen LogP contribution is -2.27. The number of rotatable bonds is 6. The van der Waals surface area contributed by atoms with Crippen LogP contribution in [0.2, 0.25) is 0 Å². The Balaban J connectivity index is 1.97. The second-order valence-corrected chi connectivity index (χ2v) is 7.10. The standard InChI is InChI=1S/C20H24N4O3/c1-20(2,3)19(27)23-14-8-6-7-13(11-14)22-12-17(25)24-16-10-5-4-9-15(16)18(21)26/h4-11,22H,12H2,1-3H3,(H2,21,26)(H,23,27)(H,24,25). The molecule has 0 fully saturated rings. The lowest BCUT2D eigenvalue weighted by molar-refractivity contribution is -0.123. The molecule has 0 aliphatic heterocycles. The van der Waals surface area contributed by atoms with Gasteiger partial charge in [-0.3, -0.25) is 14.4 Å². The van der Waals surface area contributed by atoms with Crippen LogP contribution in [-0.2, 0) is 9.59 Å². The summed E-state index contributed by atoms with van der Waals surface area (Å²) < 4.78 is 0. The normalized spacial score (nSPS) is 10.8. The molecule has 5 N–H and O–H groups in total. The summed E-state index contributed by atoms with van der Waals surface area (Å²) in [7, 11) is 0. The molecule has 0 atom stereocenters. The van der Waals surface area contributed by atoms with E-state index in [9.17, 15) is 14.4 Å². The van der Waals surface area contributed by atoms with Crippen LogP contribution in [0.1, 0.15) is 31.1 Å². The first-order valence-electron chi connectivity index (χ1n) is 8.51. The molecule has 3 amide bonds. The fraction of sp³-hybridized carbons (Fsp3) is 0.250. The van der Waals surface area contributed by atoms with Crippen molar-refractivity contribution in [1.29, 1.82) is 0 Å². The zero-order valence-corrected chi connectivity index (χ0v) is 15.6. The average molecular weight is 368 g/mol. The minimum Gasteiger partial charge on any atom is -0.376 e. The number of amides is 3. The summed E-state index contributed by atoms with van der Waals surface area (Å²) in [6, 6.07) is 13.6. The Kier molecular flexibility index (Phi) is 6.18. The van der Waals surface area contributed by atoms with Gasteiger partial charge < -0.3 is 21.7 Å². The summed E-state index contributed by atoms with van der Waals surface area (Å²) in [5.74, 6) is -1.03. The van der Waals surface area contributed by atoms with Gasteiger partial charge in [-0.2, -0.15) is 0 Å². The molecule has 0 saturated carbocycles. The summed E-state index contributed by atoms with van der Waals surface area (Å²) in [6.45, 7) is 5.49. The van der Waals surface area contributed by atoms with Gasteiger partial charge in [0.05, 0.1) is 17.8 Å². The third kappa shape index (κ3) is 5.85. The van der Waals surface area contributed by atoms with E-state index in [0.29, 0.717) is 17.1 Å². The summed E-state index contributed by atoms with van der Waals surface area (Å²) in [5.41, 5.74) is 6.73. The predicted octanol–water partition coefficient (Wildman–Crippen LogP) is 2.82. The Morgan fingerprint density at radius 2 is 1.59 bits per heavy atom. The fourth-order valence-electron chi connectivity index (χ4n) is 2.21. The largest absolute Gasteiger partial charge is 0.376 e. The molecule has 7 heteroatoms. The van der Waals surface area contributed by atoms with E-state index < -0.39 is 11.3 Å². The van der Waals surface area contributed by atoms with E-state index in [1.165, 1.54) is 0 Å². The Morgan fingerprint density at radius 1 is 0.926 bits per heavy atom. The minimum atomic E-state index is -0.610. The highest BCUT2D eigenvalue weighted by molar-refractivity contribution is 6.03. The quantitative estimate of drug-likeness (QED) is 0.628. The van der Waals surface area contributed by atoms with Crippen LogP contribution >= 0.6 is 0 Å². The number of nitrogens with two attached hydrogens (primary N) is 1. The van der Waals surface area contributed by atoms with Crippen LogP contribution in [0.5, 0.6) is 0 Å². The molecule has 27 heavy (non-hydrogen) atoms. The number of carbonyl (C=O) groups is 3. The number of primary amides is 1. The molecule has 0 heterocycles. The van der Waals surface area contributed by atoms with E-state index in [1.54, 1.807) is 48.5 Å². The molecule has 0 bridgehead atoms.